The third-order valence-electron chi connectivity index (χ3n) is 4.84. The maximum Gasteiger partial charge on any atom is 0.335 e. The first-order valence-corrected chi connectivity index (χ1v) is 11.7. The van der Waals surface area contributed by atoms with Crippen LogP contribution in [0.1, 0.15) is 11.1 Å². The highest BCUT2D eigenvalue weighted by atomic mass is 79.9. The van der Waals surface area contributed by atoms with E-state index in [1.807, 2.05) is 24.3 Å². The molecule has 0 unspecified atom stereocenters. The van der Waals surface area contributed by atoms with Gasteiger partial charge in [-0.05, 0) is 60.2 Å². The normalized spacial score (nSPS) is 15.0. The van der Waals surface area contributed by atoms with Crippen molar-refractivity contribution in [2.24, 2.45) is 0 Å². The van der Waals surface area contributed by atoms with Crippen molar-refractivity contribution in [3.63, 3.8) is 0 Å². The zero-order valence-corrected chi connectivity index (χ0v) is 21.0. The number of benzene rings is 3. The first-order valence-electron chi connectivity index (χ1n) is 9.76. The van der Waals surface area contributed by atoms with Crippen LogP contribution in [0.2, 0.25) is 15.1 Å². The maximum absolute atomic E-state index is 13.2. The van der Waals surface area contributed by atoms with Crippen LogP contribution in [0.15, 0.2) is 70.7 Å². The highest BCUT2D eigenvalue weighted by Gasteiger charge is 2.37. The van der Waals surface area contributed by atoms with Crippen LogP contribution in [0.4, 0.5) is 10.5 Å². The van der Waals surface area contributed by atoms with Gasteiger partial charge in [-0.15, -0.1) is 0 Å². The number of ether oxygens (including phenoxy) is 1. The Balaban J connectivity index is 1.67. The minimum atomic E-state index is -0.900. The molecule has 4 rings (SSSR count). The fourth-order valence-electron chi connectivity index (χ4n) is 3.18. The van der Waals surface area contributed by atoms with Crippen molar-refractivity contribution in [1.29, 1.82) is 0 Å². The Labute approximate surface area is 218 Å². The number of imide groups is 2. The first-order chi connectivity index (χ1) is 16.2. The minimum Gasteiger partial charge on any atom is -0.488 e. The summed E-state index contributed by atoms with van der Waals surface area (Å²) < 4.78 is 6.86. The van der Waals surface area contributed by atoms with Crippen molar-refractivity contribution in [2.45, 2.75) is 6.61 Å². The second-order valence-corrected chi connectivity index (χ2v) is 9.32. The summed E-state index contributed by atoms with van der Waals surface area (Å²) in [6, 6.07) is 15.8. The number of rotatable bonds is 5. The number of hydrogen-bond acceptors (Lipinski definition) is 4. The SMILES string of the molecule is O=C1NC(=O)N(c2ccc(Cl)c(Cl)c2)C(=O)/C1=C/c1cc(Cl)ccc1OCc1ccc(Br)cc1. The molecular weight excluding hydrogens is 567 g/mol. The summed E-state index contributed by atoms with van der Waals surface area (Å²) in [5, 5.41) is 2.95. The molecule has 6 nitrogen and oxygen atoms in total. The molecule has 0 aliphatic carbocycles. The van der Waals surface area contributed by atoms with Gasteiger partial charge in [0.2, 0.25) is 0 Å². The molecule has 172 valence electrons. The number of nitrogens with one attached hydrogen (secondary N) is 1. The lowest BCUT2D eigenvalue weighted by molar-refractivity contribution is -0.122. The van der Waals surface area contributed by atoms with E-state index in [2.05, 4.69) is 21.2 Å². The smallest absolute Gasteiger partial charge is 0.335 e. The maximum atomic E-state index is 13.2. The van der Waals surface area contributed by atoms with Gasteiger partial charge in [-0.25, -0.2) is 9.69 Å². The Bertz CT molecular complexity index is 1340. The van der Waals surface area contributed by atoms with Crippen LogP contribution in [0, 0.1) is 0 Å². The molecule has 10 heteroatoms. The standard InChI is InChI=1S/C24H14BrCl3N2O4/c25-15-3-1-13(2-4-15)12-34-21-8-5-16(26)9-14(21)10-18-22(31)29-24(33)30(23(18)32)17-6-7-19(27)20(28)11-17/h1-11H,12H2,(H,29,31,33)/b18-10+. The number of hydrogen-bond donors (Lipinski definition) is 1. The molecule has 0 bridgehead atoms. The summed E-state index contributed by atoms with van der Waals surface area (Å²) in [4.78, 5) is 39.0. The fraction of sp³-hybridized carbons (Fsp3) is 0.0417. The summed E-state index contributed by atoms with van der Waals surface area (Å²) in [5.74, 6) is -1.27. The molecule has 1 aliphatic heterocycles. The number of halogens is 4. The van der Waals surface area contributed by atoms with Gasteiger partial charge in [0.05, 0.1) is 15.7 Å². The van der Waals surface area contributed by atoms with Crippen molar-refractivity contribution in [3.05, 3.63) is 96.9 Å². The summed E-state index contributed by atoms with van der Waals surface area (Å²) in [6.45, 7) is 0.249. The van der Waals surface area contributed by atoms with Crippen LogP contribution in [0.5, 0.6) is 5.75 Å². The molecular formula is C24H14BrCl3N2O4. The number of barbiturate groups is 1. The Kier molecular flexibility index (Phi) is 7.28. The molecule has 0 saturated carbocycles. The lowest BCUT2D eigenvalue weighted by Crippen LogP contribution is -2.54. The van der Waals surface area contributed by atoms with Gasteiger partial charge in [0.25, 0.3) is 11.8 Å². The number of amides is 4. The predicted octanol–water partition coefficient (Wildman–Crippen LogP) is 6.65. The van der Waals surface area contributed by atoms with Gasteiger partial charge < -0.3 is 4.74 Å². The van der Waals surface area contributed by atoms with Crippen molar-refractivity contribution in [1.82, 2.24) is 5.32 Å². The molecule has 34 heavy (non-hydrogen) atoms. The summed E-state index contributed by atoms with van der Waals surface area (Å²) in [7, 11) is 0. The van der Waals surface area contributed by atoms with Gasteiger partial charge in [-0.1, -0.05) is 62.9 Å². The molecule has 1 fully saturated rings. The van der Waals surface area contributed by atoms with Gasteiger partial charge in [0.1, 0.15) is 17.9 Å². The monoisotopic (exact) mass is 578 g/mol. The Morgan fingerprint density at radius 2 is 1.65 bits per heavy atom. The summed E-state index contributed by atoms with van der Waals surface area (Å²) in [5.41, 5.74) is 1.20. The molecule has 0 radical (unpaired) electrons. The topological polar surface area (TPSA) is 75.7 Å². The van der Waals surface area contributed by atoms with E-state index in [0.717, 1.165) is 14.9 Å². The van der Waals surface area contributed by atoms with Gasteiger partial charge >= 0.3 is 6.03 Å². The van der Waals surface area contributed by atoms with Crippen LogP contribution in [0.25, 0.3) is 6.08 Å². The van der Waals surface area contributed by atoms with Gasteiger partial charge in [-0.2, -0.15) is 0 Å². The molecule has 0 aromatic heterocycles. The Morgan fingerprint density at radius 1 is 0.912 bits per heavy atom. The average Bonchev–Trinajstić information content (AvgIpc) is 2.79. The highest BCUT2D eigenvalue weighted by molar-refractivity contribution is 9.10. The van der Waals surface area contributed by atoms with Crippen LogP contribution in [-0.2, 0) is 16.2 Å². The van der Waals surface area contributed by atoms with E-state index in [1.54, 1.807) is 18.2 Å². The number of urea groups is 1. The second-order valence-electron chi connectivity index (χ2n) is 7.15. The average molecular weight is 581 g/mol. The van der Waals surface area contributed by atoms with E-state index in [-0.39, 0.29) is 27.9 Å². The molecule has 0 atom stereocenters. The molecule has 3 aromatic carbocycles. The predicted molar refractivity (Wildman–Crippen MR) is 135 cm³/mol. The third kappa shape index (κ3) is 5.28. The zero-order valence-electron chi connectivity index (χ0n) is 17.2. The van der Waals surface area contributed by atoms with Crippen LogP contribution < -0.4 is 15.0 Å². The molecule has 1 aliphatic rings. The van der Waals surface area contributed by atoms with E-state index in [9.17, 15) is 14.4 Å². The van der Waals surface area contributed by atoms with Crippen molar-refractivity contribution in [2.75, 3.05) is 4.90 Å². The van der Waals surface area contributed by atoms with E-state index >= 15 is 0 Å². The number of carbonyl (C=O) groups excluding carboxylic acids is 3. The van der Waals surface area contributed by atoms with Crippen LogP contribution in [-0.4, -0.2) is 17.8 Å². The van der Waals surface area contributed by atoms with Crippen LogP contribution >= 0.6 is 50.7 Å². The van der Waals surface area contributed by atoms with E-state index in [4.69, 9.17) is 39.5 Å². The van der Waals surface area contributed by atoms with E-state index < -0.39 is 17.8 Å². The molecule has 1 heterocycles. The zero-order chi connectivity index (χ0) is 24.4. The number of anilines is 1. The Hall–Kier alpha value is -2.84. The van der Waals surface area contributed by atoms with E-state index in [0.29, 0.717) is 16.3 Å². The van der Waals surface area contributed by atoms with Crippen LogP contribution in [0.3, 0.4) is 0 Å². The highest BCUT2D eigenvalue weighted by Crippen LogP contribution is 2.31. The lowest BCUT2D eigenvalue weighted by atomic mass is 10.1. The van der Waals surface area contributed by atoms with Gasteiger partial charge in [0.15, 0.2) is 0 Å². The third-order valence-corrected chi connectivity index (χ3v) is 6.35. The summed E-state index contributed by atoms with van der Waals surface area (Å²) >= 11 is 21.5. The number of nitrogens with zero attached hydrogens (tertiary/aromatic N) is 1. The Morgan fingerprint density at radius 3 is 2.35 bits per heavy atom. The fourth-order valence-corrected chi connectivity index (χ4v) is 3.91. The van der Waals surface area contributed by atoms with Gasteiger partial charge in [0, 0.05) is 15.1 Å². The molecule has 4 amide bonds. The van der Waals surface area contributed by atoms with E-state index in [1.165, 1.54) is 24.3 Å². The summed E-state index contributed by atoms with van der Waals surface area (Å²) in [6.07, 6.45) is 1.33. The first kappa shape index (κ1) is 24.3. The van der Waals surface area contributed by atoms with Crippen molar-refractivity contribution >= 4 is 80.3 Å². The molecule has 1 saturated heterocycles. The molecule has 3 aromatic rings. The minimum absolute atomic E-state index is 0.153. The molecule has 0 spiro atoms. The van der Waals surface area contributed by atoms with Crippen molar-refractivity contribution in [3.8, 4) is 5.75 Å². The molecule has 1 N–H and O–H groups in total. The van der Waals surface area contributed by atoms with Crippen molar-refractivity contribution < 1.29 is 19.1 Å². The van der Waals surface area contributed by atoms with Gasteiger partial charge in [-0.3, -0.25) is 14.9 Å². The largest absolute Gasteiger partial charge is 0.488 e. The quantitative estimate of drug-likeness (QED) is 0.271. The number of carbonyl (C=O) groups is 3. The lowest BCUT2D eigenvalue weighted by Gasteiger charge is -2.26. The second kappa shape index (κ2) is 10.2.